The normalized spacial score (nSPS) is 19.8. The molecule has 2 rings (SSSR count). The first-order valence-electron chi connectivity index (χ1n) is 8.86. The van der Waals surface area contributed by atoms with Gasteiger partial charge in [-0.05, 0) is 49.9 Å². The number of piperidine rings is 1. The number of benzene rings is 1. The molecule has 0 spiro atoms. The van der Waals surface area contributed by atoms with Gasteiger partial charge in [0.2, 0.25) is 0 Å². The van der Waals surface area contributed by atoms with Gasteiger partial charge in [0.15, 0.2) is 0 Å². The molecule has 1 unspecified atom stereocenters. The summed E-state index contributed by atoms with van der Waals surface area (Å²) in [5, 5.41) is 3.55. The van der Waals surface area contributed by atoms with E-state index < -0.39 is 0 Å². The summed E-state index contributed by atoms with van der Waals surface area (Å²) in [7, 11) is 0. The van der Waals surface area contributed by atoms with E-state index in [2.05, 4.69) is 48.3 Å². The Morgan fingerprint density at radius 3 is 2.67 bits per heavy atom. The molecule has 1 heterocycles. The minimum atomic E-state index is 0.806. The molecule has 1 aromatic carbocycles. The van der Waals surface area contributed by atoms with Crippen LogP contribution in [0.25, 0.3) is 0 Å². The Morgan fingerprint density at radius 2 is 1.90 bits per heavy atom. The third kappa shape index (κ3) is 5.12. The highest BCUT2D eigenvalue weighted by atomic mass is 15.2. The Morgan fingerprint density at radius 1 is 1.10 bits per heavy atom. The van der Waals surface area contributed by atoms with Crippen LogP contribution in [-0.4, -0.2) is 24.0 Å². The summed E-state index contributed by atoms with van der Waals surface area (Å²) in [6, 6.07) is 9.78. The molecule has 2 nitrogen and oxygen atoms in total. The summed E-state index contributed by atoms with van der Waals surface area (Å²) in [6.07, 6.45) is 8.05. The highest BCUT2D eigenvalue weighted by molar-refractivity contribution is 5.27. The van der Waals surface area contributed by atoms with E-state index in [0.717, 1.165) is 25.7 Å². The van der Waals surface area contributed by atoms with E-state index in [-0.39, 0.29) is 0 Å². The smallest absolute Gasteiger partial charge is 0.0239 e. The highest BCUT2D eigenvalue weighted by Crippen LogP contribution is 2.24. The van der Waals surface area contributed by atoms with Crippen LogP contribution >= 0.6 is 0 Å². The molecule has 1 aliphatic rings. The molecular weight excluding hydrogens is 256 g/mol. The van der Waals surface area contributed by atoms with Gasteiger partial charge in [-0.2, -0.15) is 0 Å². The van der Waals surface area contributed by atoms with Crippen molar-refractivity contribution in [1.29, 1.82) is 0 Å². The summed E-state index contributed by atoms with van der Waals surface area (Å²) >= 11 is 0. The van der Waals surface area contributed by atoms with Crippen molar-refractivity contribution in [2.75, 3.05) is 13.1 Å². The fourth-order valence-electron chi connectivity index (χ4n) is 3.43. The molecule has 0 saturated carbocycles. The van der Waals surface area contributed by atoms with Crippen LogP contribution in [-0.2, 0) is 13.1 Å². The second-order valence-electron chi connectivity index (χ2n) is 6.35. The molecule has 1 atom stereocenters. The second-order valence-corrected chi connectivity index (χ2v) is 6.35. The van der Waals surface area contributed by atoms with Gasteiger partial charge in [0.25, 0.3) is 0 Å². The zero-order chi connectivity index (χ0) is 14.9. The third-order valence-electron chi connectivity index (χ3n) is 4.61. The predicted molar refractivity (Wildman–Crippen MR) is 91.4 cm³/mol. The van der Waals surface area contributed by atoms with E-state index in [4.69, 9.17) is 0 Å². The summed E-state index contributed by atoms with van der Waals surface area (Å²) in [4.78, 5) is 2.73. The van der Waals surface area contributed by atoms with Crippen LogP contribution in [0, 0.1) is 0 Å². The Balaban J connectivity index is 1.99. The molecule has 0 bridgehead atoms. The van der Waals surface area contributed by atoms with Crippen molar-refractivity contribution in [1.82, 2.24) is 10.2 Å². The number of hydrogen-bond acceptors (Lipinski definition) is 2. The molecule has 0 aromatic heterocycles. The molecule has 118 valence electrons. The van der Waals surface area contributed by atoms with Crippen molar-refractivity contribution in [3.63, 3.8) is 0 Å². The van der Waals surface area contributed by atoms with E-state index >= 15 is 0 Å². The van der Waals surface area contributed by atoms with E-state index in [1.165, 1.54) is 56.2 Å². The summed E-state index contributed by atoms with van der Waals surface area (Å²) in [5.74, 6) is 0. The average molecular weight is 288 g/mol. The van der Waals surface area contributed by atoms with Gasteiger partial charge in [0.1, 0.15) is 0 Å². The fourth-order valence-corrected chi connectivity index (χ4v) is 3.43. The molecule has 0 aliphatic carbocycles. The topological polar surface area (TPSA) is 15.3 Å². The molecule has 1 fully saturated rings. The van der Waals surface area contributed by atoms with Crippen molar-refractivity contribution < 1.29 is 0 Å². The zero-order valence-electron chi connectivity index (χ0n) is 13.9. The molecule has 1 N–H and O–H groups in total. The van der Waals surface area contributed by atoms with Crippen molar-refractivity contribution in [3.05, 3.63) is 35.4 Å². The maximum atomic E-state index is 3.55. The number of nitrogens with zero attached hydrogens (tertiary/aromatic N) is 1. The van der Waals surface area contributed by atoms with E-state index in [1.807, 2.05) is 0 Å². The lowest BCUT2D eigenvalue weighted by Gasteiger charge is -2.36. The first-order chi connectivity index (χ1) is 10.3. The Labute approximate surface area is 130 Å². The lowest BCUT2D eigenvalue weighted by molar-refractivity contribution is 0.131. The van der Waals surface area contributed by atoms with Crippen molar-refractivity contribution >= 4 is 0 Å². The SMILES string of the molecule is CCCNCc1ccccc1CN1CCCCC1CCC. The van der Waals surface area contributed by atoms with Crippen LogP contribution in [0.15, 0.2) is 24.3 Å². The maximum Gasteiger partial charge on any atom is 0.0239 e. The molecule has 21 heavy (non-hydrogen) atoms. The second kappa shape index (κ2) is 9.22. The number of rotatable bonds is 8. The van der Waals surface area contributed by atoms with Crippen molar-refractivity contribution in [2.24, 2.45) is 0 Å². The highest BCUT2D eigenvalue weighted by Gasteiger charge is 2.22. The molecule has 1 aromatic rings. The van der Waals surface area contributed by atoms with Crippen LogP contribution in [0.2, 0.25) is 0 Å². The summed E-state index contributed by atoms with van der Waals surface area (Å²) in [6.45, 7) is 9.07. The van der Waals surface area contributed by atoms with Gasteiger partial charge in [0.05, 0.1) is 0 Å². The Bertz CT molecular complexity index is 400. The molecule has 2 heteroatoms. The number of likely N-dealkylation sites (tertiary alicyclic amines) is 1. The predicted octanol–water partition coefficient (Wildman–Crippen LogP) is 4.34. The van der Waals surface area contributed by atoms with E-state index in [9.17, 15) is 0 Å². The monoisotopic (exact) mass is 288 g/mol. The van der Waals surface area contributed by atoms with E-state index in [1.54, 1.807) is 0 Å². The van der Waals surface area contributed by atoms with Crippen LogP contribution in [0.5, 0.6) is 0 Å². The van der Waals surface area contributed by atoms with Gasteiger partial charge in [-0.15, -0.1) is 0 Å². The van der Waals surface area contributed by atoms with Gasteiger partial charge in [-0.25, -0.2) is 0 Å². The largest absolute Gasteiger partial charge is 0.313 e. The molecule has 1 saturated heterocycles. The number of nitrogens with one attached hydrogen (secondary N) is 1. The van der Waals surface area contributed by atoms with Crippen molar-refractivity contribution in [2.45, 2.75) is 71.5 Å². The molecule has 1 aliphatic heterocycles. The maximum absolute atomic E-state index is 3.55. The minimum Gasteiger partial charge on any atom is -0.313 e. The average Bonchev–Trinajstić information content (AvgIpc) is 2.51. The molecule has 0 amide bonds. The van der Waals surface area contributed by atoms with Gasteiger partial charge in [-0.1, -0.05) is 51.0 Å². The van der Waals surface area contributed by atoms with Gasteiger partial charge < -0.3 is 5.32 Å². The lowest BCUT2D eigenvalue weighted by Crippen LogP contribution is -2.39. The summed E-state index contributed by atoms with van der Waals surface area (Å²) in [5.41, 5.74) is 3.00. The van der Waals surface area contributed by atoms with Gasteiger partial charge >= 0.3 is 0 Å². The van der Waals surface area contributed by atoms with Crippen LogP contribution in [0.3, 0.4) is 0 Å². The van der Waals surface area contributed by atoms with Crippen LogP contribution < -0.4 is 5.32 Å². The third-order valence-corrected chi connectivity index (χ3v) is 4.61. The number of hydrogen-bond donors (Lipinski definition) is 1. The standard InChI is InChI=1S/C19H32N2/c1-3-9-19-12-7-8-14-21(19)16-18-11-6-5-10-17(18)15-20-13-4-2/h5-6,10-11,19-20H,3-4,7-9,12-16H2,1-2H3. The first-order valence-corrected chi connectivity index (χ1v) is 8.86. The van der Waals surface area contributed by atoms with E-state index in [0.29, 0.717) is 0 Å². The zero-order valence-corrected chi connectivity index (χ0v) is 13.9. The van der Waals surface area contributed by atoms with Crippen LogP contribution in [0.1, 0.15) is 63.5 Å². The fraction of sp³-hybridized carbons (Fsp3) is 0.684. The quantitative estimate of drug-likeness (QED) is 0.716. The van der Waals surface area contributed by atoms with Gasteiger partial charge in [0, 0.05) is 19.1 Å². The summed E-state index contributed by atoms with van der Waals surface area (Å²) < 4.78 is 0. The molecule has 0 radical (unpaired) electrons. The minimum absolute atomic E-state index is 0.806. The van der Waals surface area contributed by atoms with Crippen molar-refractivity contribution in [3.8, 4) is 0 Å². The Kier molecular flexibility index (Phi) is 7.25. The van der Waals surface area contributed by atoms with Gasteiger partial charge in [-0.3, -0.25) is 4.90 Å². The Hall–Kier alpha value is -0.860. The first kappa shape index (κ1) is 16.5. The molecular formula is C19H32N2. The lowest BCUT2D eigenvalue weighted by atomic mass is 9.96. The van der Waals surface area contributed by atoms with Crippen LogP contribution in [0.4, 0.5) is 0 Å².